The second-order valence-corrected chi connectivity index (χ2v) is 10.0. The van der Waals surface area contributed by atoms with Crippen molar-refractivity contribution >= 4 is 12.0 Å². The maximum absolute atomic E-state index is 13.4. The van der Waals surface area contributed by atoms with Gasteiger partial charge in [-0.1, -0.05) is 47.6 Å². The maximum atomic E-state index is 13.4. The van der Waals surface area contributed by atoms with Crippen LogP contribution in [0.1, 0.15) is 41.1 Å². The Hall–Kier alpha value is -4.80. The average Bonchev–Trinajstić information content (AvgIpc) is 3.66. The minimum absolute atomic E-state index is 0.0194. The second kappa shape index (κ2) is 13.5. The molecule has 0 N–H and O–H groups in total. The highest BCUT2D eigenvalue weighted by molar-refractivity contribution is 5.94. The number of hydrogen-bond donors (Lipinski definition) is 0. The molecule has 11 heteroatoms. The number of nitrogens with zero attached hydrogens (tertiary/aromatic N) is 2. The number of rotatable bonds is 12. The molecule has 0 unspecified atom stereocenters. The number of cyclic esters (lactones) is 1. The number of imide groups is 1. The fourth-order valence-electron chi connectivity index (χ4n) is 4.85. The smallest absolute Gasteiger partial charge is 0.416 e. The Kier molecular flexibility index (Phi) is 9.29. The van der Waals surface area contributed by atoms with E-state index in [0.717, 1.165) is 23.3 Å². The molecule has 1 fully saturated rings. The number of amides is 2. The summed E-state index contributed by atoms with van der Waals surface area (Å²) >= 11 is 0. The molecule has 1 aliphatic heterocycles. The summed E-state index contributed by atoms with van der Waals surface area (Å²) < 4.78 is 59.6. The van der Waals surface area contributed by atoms with Crippen molar-refractivity contribution in [3.63, 3.8) is 0 Å². The Bertz CT molecular complexity index is 1480. The van der Waals surface area contributed by atoms with Crippen molar-refractivity contribution in [3.8, 4) is 11.5 Å². The summed E-state index contributed by atoms with van der Waals surface area (Å²) in [6.45, 7) is 0.727. The summed E-state index contributed by atoms with van der Waals surface area (Å²) in [5, 5.41) is 4.05. The predicted molar refractivity (Wildman–Crippen MR) is 149 cm³/mol. The van der Waals surface area contributed by atoms with E-state index in [4.69, 9.17) is 18.7 Å². The molecule has 2 atom stereocenters. The monoisotopic (exact) mass is 594 g/mol. The third-order valence-corrected chi connectivity index (χ3v) is 7.03. The molecule has 0 bridgehead atoms. The van der Waals surface area contributed by atoms with Crippen LogP contribution in [-0.4, -0.2) is 47.9 Å². The van der Waals surface area contributed by atoms with Crippen molar-refractivity contribution in [2.24, 2.45) is 0 Å². The highest BCUT2D eigenvalue weighted by Crippen LogP contribution is 2.32. The van der Waals surface area contributed by atoms with Gasteiger partial charge in [0.15, 0.2) is 0 Å². The molecule has 0 radical (unpaired) electrons. The van der Waals surface area contributed by atoms with E-state index in [0.29, 0.717) is 36.6 Å². The van der Waals surface area contributed by atoms with Crippen LogP contribution in [-0.2, 0) is 22.1 Å². The largest absolute Gasteiger partial charge is 0.493 e. The molecular weight excluding hydrogens is 565 g/mol. The van der Waals surface area contributed by atoms with Gasteiger partial charge < -0.3 is 18.7 Å². The van der Waals surface area contributed by atoms with Crippen LogP contribution in [0, 0.1) is 0 Å². The zero-order chi connectivity index (χ0) is 30.2. The number of ether oxygens (including phenoxy) is 3. The number of carbonyl (C=O) groups excluding carboxylic acids is 2. The van der Waals surface area contributed by atoms with Crippen LogP contribution < -0.4 is 9.47 Å². The summed E-state index contributed by atoms with van der Waals surface area (Å²) in [7, 11) is 0. The Labute approximate surface area is 245 Å². The first-order valence-electron chi connectivity index (χ1n) is 13.7. The van der Waals surface area contributed by atoms with Gasteiger partial charge in [-0.2, -0.15) is 13.2 Å². The molecule has 0 spiro atoms. The summed E-state index contributed by atoms with van der Waals surface area (Å²) in [5.41, 5.74) is 1.60. The van der Waals surface area contributed by atoms with Crippen molar-refractivity contribution in [1.29, 1.82) is 0 Å². The fraction of sp³-hybridized carbons (Fsp3) is 0.281. The molecule has 224 valence electrons. The third-order valence-electron chi connectivity index (χ3n) is 7.03. The van der Waals surface area contributed by atoms with E-state index in [9.17, 15) is 22.8 Å². The Morgan fingerprint density at radius 3 is 2.19 bits per heavy atom. The highest BCUT2D eigenvalue weighted by atomic mass is 19.4. The molecule has 3 aromatic carbocycles. The van der Waals surface area contributed by atoms with Gasteiger partial charge in [-0.15, -0.1) is 0 Å². The minimum atomic E-state index is -4.39. The number of benzene rings is 3. The SMILES string of the molecule is O=C(C[C@@H](c1ccc(OCCCOc2ccc(C(F)(F)F)cc2)cc1)c1ccon1)N1C(=O)OC[C@@H]1Cc1ccccc1. The van der Waals surface area contributed by atoms with E-state index in [1.165, 1.54) is 23.3 Å². The van der Waals surface area contributed by atoms with Crippen molar-refractivity contribution in [1.82, 2.24) is 10.1 Å². The van der Waals surface area contributed by atoms with Crippen LogP contribution in [0.3, 0.4) is 0 Å². The molecule has 8 nitrogen and oxygen atoms in total. The normalized spacial score (nSPS) is 15.7. The van der Waals surface area contributed by atoms with E-state index >= 15 is 0 Å². The van der Waals surface area contributed by atoms with Gasteiger partial charge in [0.25, 0.3) is 0 Å². The lowest BCUT2D eigenvalue weighted by molar-refractivity contribution is -0.137. The number of aromatic nitrogens is 1. The maximum Gasteiger partial charge on any atom is 0.416 e. The lowest BCUT2D eigenvalue weighted by Gasteiger charge is -2.22. The van der Waals surface area contributed by atoms with Gasteiger partial charge in [0.1, 0.15) is 24.4 Å². The van der Waals surface area contributed by atoms with Crippen LogP contribution in [0.5, 0.6) is 11.5 Å². The zero-order valence-electron chi connectivity index (χ0n) is 23.0. The summed E-state index contributed by atoms with van der Waals surface area (Å²) in [5.74, 6) is 0.0990. The average molecular weight is 595 g/mol. The molecule has 1 aliphatic rings. The standard InChI is InChI=1S/C32H29F3N2O6/c33-32(34,35)24-9-13-27(14-10-24)41-17-4-16-40-26-11-7-23(8-12-26)28(29-15-18-43-36-29)20-30(38)37-25(21-42-31(37)39)19-22-5-2-1-3-6-22/h1-3,5-15,18,25,28H,4,16-17,19-21H2/t25-,28-/m0/s1. The number of alkyl halides is 3. The van der Waals surface area contributed by atoms with Gasteiger partial charge in [0.05, 0.1) is 30.5 Å². The first-order valence-corrected chi connectivity index (χ1v) is 13.7. The summed E-state index contributed by atoms with van der Waals surface area (Å²) in [4.78, 5) is 27.2. The molecule has 43 heavy (non-hydrogen) atoms. The molecular formula is C32H29F3N2O6. The molecule has 0 saturated carbocycles. The van der Waals surface area contributed by atoms with E-state index in [1.54, 1.807) is 18.2 Å². The van der Waals surface area contributed by atoms with E-state index in [-0.39, 0.29) is 25.5 Å². The summed E-state index contributed by atoms with van der Waals surface area (Å²) in [6.07, 6.45) is -2.63. The van der Waals surface area contributed by atoms with Gasteiger partial charge in [-0.05, 0) is 53.9 Å². The Morgan fingerprint density at radius 1 is 0.930 bits per heavy atom. The molecule has 1 saturated heterocycles. The van der Waals surface area contributed by atoms with Gasteiger partial charge in [-0.3, -0.25) is 4.79 Å². The predicted octanol–water partition coefficient (Wildman–Crippen LogP) is 6.65. The quantitative estimate of drug-likeness (QED) is 0.170. The molecule has 0 aliphatic carbocycles. The number of hydrogen-bond acceptors (Lipinski definition) is 7. The molecule has 2 amide bonds. The van der Waals surface area contributed by atoms with E-state index in [1.807, 2.05) is 42.5 Å². The number of carbonyl (C=O) groups is 2. The van der Waals surface area contributed by atoms with Crippen molar-refractivity contribution in [2.45, 2.75) is 37.4 Å². The third kappa shape index (κ3) is 7.73. The zero-order valence-corrected chi connectivity index (χ0v) is 23.0. The van der Waals surface area contributed by atoms with Crippen molar-refractivity contribution in [3.05, 3.63) is 114 Å². The second-order valence-electron chi connectivity index (χ2n) is 10.0. The first-order chi connectivity index (χ1) is 20.8. The first kappa shape index (κ1) is 29.7. The van der Waals surface area contributed by atoms with Gasteiger partial charge in [-0.25, -0.2) is 9.69 Å². The minimum Gasteiger partial charge on any atom is -0.493 e. The van der Waals surface area contributed by atoms with E-state index in [2.05, 4.69) is 5.16 Å². The lowest BCUT2D eigenvalue weighted by atomic mass is 9.91. The van der Waals surface area contributed by atoms with Crippen molar-refractivity contribution < 1.29 is 41.5 Å². The van der Waals surface area contributed by atoms with Crippen LogP contribution >= 0.6 is 0 Å². The molecule has 2 heterocycles. The van der Waals surface area contributed by atoms with Crippen molar-refractivity contribution in [2.75, 3.05) is 19.8 Å². The van der Waals surface area contributed by atoms with Crippen LogP contribution in [0.4, 0.5) is 18.0 Å². The molecule has 5 rings (SSSR count). The van der Waals surface area contributed by atoms with Gasteiger partial charge in [0, 0.05) is 24.8 Å². The summed E-state index contributed by atoms with van der Waals surface area (Å²) in [6, 6.07) is 22.6. The Balaban J connectivity index is 1.16. The number of halogens is 3. The molecule has 1 aromatic heterocycles. The van der Waals surface area contributed by atoms with Gasteiger partial charge in [0.2, 0.25) is 5.91 Å². The lowest BCUT2D eigenvalue weighted by Crippen LogP contribution is -2.40. The van der Waals surface area contributed by atoms with Crippen LogP contribution in [0.15, 0.2) is 95.7 Å². The topological polar surface area (TPSA) is 91.1 Å². The Morgan fingerprint density at radius 2 is 1.58 bits per heavy atom. The van der Waals surface area contributed by atoms with Crippen LogP contribution in [0.2, 0.25) is 0 Å². The van der Waals surface area contributed by atoms with Gasteiger partial charge >= 0.3 is 12.3 Å². The molecule has 4 aromatic rings. The van der Waals surface area contributed by atoms with E-state index < -0.39 is 29.8 Å². The fourth-order valence-corrected chi connectivity index (χ4v) is 4.85. The highest BCUT2D eigenvalue weighted by Gasteiger charge is 2.39. The van der Waals surface area contributed by atoms with Crippen LogP contribution in [0.25, 0.3) is 0 Å².